The Labute approximate surface area is 169 Å². The second-order valence-corrected chi connectivity index (χ2v) is 9.09. The van der Waals surface area contributed by atoms with E-state index in [1.807, 2.05) is 45.0 Å². The van der Waals surface area contributed by atoms with Gasteiger partial charge in [0.25, 0.3) is 0 Å². The highest BCUT2D eigenvalue weighted by molar-refractivity contribution is 5.89. The fourth-order valence-corrected chi connectivity index (χ4v) is 3.91. The van der Waals surface area contributed by atoms with Gasteiger partial charge in [0.2, 0.25) is 0 Å². The maximum Gasteiger partial charge on any atom is 0.373 e. The summed E-state index contributed by atoms with van der Waals surface area (Å²) in [5, 5.41) is 3.88. The molecule has 2 fully saturated rings. The highest BCUT2D eigenvalue weighted by Crippen LogP contribution is 2.23. The van der Waals surface area contributed by atoms with Crippen LogP contribution in [0.3, 0.4) is 0 Å². The molecule has 0 spiro atoms. The van der Waals surface area contributed by atoms with Gasteiger partial charge >= 0.3 is 5.97 Å². The standard InChI is InChI=1S/C22H35N3O3/c1-22(2,3)28-27-21(26)17-10-12-19(13-11-17)25-15-14-24(4)16-20(25)23-18-8-6-5-7-9-18/h10-13,18,20,23H,5-9,14-16H2,1-4H3. The molecule has 0 amide bonds. The van der Waals surface area contributed by atoms with Crippen molar-refractivity contribution in [1.82, 2.24) is 10.2 Å². The molecule has 1 unspecified atom stereocenters. The number of rotatable bonds is 5. The lowest BCUT2D eigenvalue weighted by atomic mass is 9.95. The van der Waals surface area contributed by atoms with E-state index in [2.05, 4.69) is 22.2 Å². The lowest BCUT2D eigenvalue weighted by Gasteiger charge is -2.44. The number of hydrogen-bond donors (Lipinski definition) is 1. The van der Waals surface area contributed by atoms with Crippen LogP contribution in [0.2, 0.25) is 0 Å². The predicted molar refractivity (Wildman–Crippen MR) is 111 cm³/mol. The number of carbonyl (C=O) groups excluding carboxylic acids is 1. The Balaban J connectivity index is 1.65. The Morgan fingerprint density at radius 2 is 1.75 bits per heavy atom. The first kappa shape index (κ1) is 21.1. The number of nitrogens with zero attached hydrogens (tertiary/aromatic N) is 2. The van der Waals surface area contributed by atoms with Gasteiger partial charge in [-0.3, -0.25) is 10.2 Å². The zero-order valence-electron chi connectivity index (χ0n) is 17.7. The van der Waals surface area contributed by atoms with Gasteiger partial charge in [-0.25, -0.2) is 4.79 Å². The first-order valence-electron chi connectivity index (χ1n) is 10.5. The van der Waals surface area contributed by atoms with Crippen LogP contribution in [-0.4, -0.2) is 55.4 Å². The van der Waals surface area contributed by atoms with Crippen molar-refractivity contribution in [2.24, 2.45) is 0 Å². The van der Waals surface area contributed by atoms with Gasteiger partial charge in [0.1, 0.15) is 5.60 Å². The minimum Gasteiger partial charge on any atom is -0.353 e. The monoisotopic (exact) mass is 389 g/mol. The fraction of sp³-hybridized carbons (Fsp3) is 0.682. The maximum atomic E-state index is 12.2. The molecule has 1 heterocycles. The molecule has 0 radical (unpaired) electrons. The molecular formula is C22H35N3O3. The van der Waals surface area contributed by atoms with E-state index in [1.54, 1.807) is 0 Å². The van der Waals surface area contributed by atoms with E-state index in [9.17, 15) is 4.79 Å². The lowest BCUT2D eigenvalue weighted by Crippen LogP contribution is -2.60. The van der Waals surface area contributed by atoms with Gasteiger partial charge < -0.3 is 9.80 Å². The minimum absolute atomic E-state index is 0.295. The van der Waals surface area contributed by atoms with Crippen molar-refractivity contribution < 1.29 is 14.6 Å². The highest BCUT2D eigenvalue weighted by Gasteiger charge is 2.28. The van der Waals surface area contributed by atoms with E-state index in [-0.39, 0.29) is 0 Å². The van der Waals surface area contributed by atoms with Crippen LogP contribution in [0.15, 0.2) is 24.3 Å². The number of anilines is 1. The third-order valence-corrected chi connectivity index (χ3v) is 5.42. The molecule has 1 atom stereocenters. The van der Waals surface area contributed by atoms with Crippen LogP contribution in [0, 0.1) is 0 Å². The maximum absolute atomic E-state index is 12.2. The van der Waals surface area contributed by atoms with Gasteiger partial charge in [0.15, 0.2) is 0 Å². The van der Waals surface area contributed by atoms with Gasteiger partial charge in [0.05, 0.1) is 11.7 Å². The molecule has 1 N–H and O–H groups in total. The molecular weight excluding hydrogens is 354 g/mol. The third-order valence-electron chi connectivity index (χ3n) is 5.42. The fourth-order valence-electron chi connectivity index (χ4n) is 3.91. The summed E-state index contributed by atoms with van der Waals surface area (Å²) in [7, 11) is 2.18. The Hall–Kier alpha value is -1.63. The molecule has 6 nitrogen and oxygen atoms in total. The second kappa shape index (κ2) is 9.25. The van der Waals surface area contributed by atoms with Crippen LogP contribution < -0.4 is 10.2 Å². The van der Waals surface area contributed by atoms with E-state index in [0.29, 0.717) is 17.8 Å². The van der Waals surface area contributed by atoms with Crippen molar-refractivity contribution in [3.05, 3.63) is 29.8 Å². The van der Waals surface area contributed by atoms with Crippen molar-refractivity contribution in [1.29, 1.82) is 0 Å². The van der Waals surface area contributed by atoms with E-state index >= 15 is 0 Å². The number of likely N-dealkylation sites (N-methyl/N-ethyl adjacent to an activating group) is 1. The summed E-state index contributed by atoms with van der Waals surface area (Å²) >= 11 is 0. The summed E-state index contributed by atoms with van der Waals surface area (Å²) in [6.45, 7) is 8.53. The van der Waals surface area contributed by atoms with Gasteiger partial charge in [0, 0.05) is 31.4 Å². The summed E-state index contributed by atoms with van der Waals surface area (Å²) < 4.78 is 0. The SMILES string of the molecule is CN1CCN(c2ccc(C(=O)OOC(C)(C)C)cc2)C(NC2CCCCC2)C1. The molecule has 1 saturated carbocycles. The first-order valence-corrected chi connectivity index (χ1v) is 10.5. The highest BCUT2D eigenvalue weighted by atomic mass is 17.2. The average Bonchev–Trinajstić information content (AvgIpc) is 2.67. The summed E-state index contributed by atoms with van der Waals surface area (Å²) in [6.07, 6.45) is 6.85. The van der Waals surface area contributed by atoms with Crippen LogP contribution in [0.5, 0.6) is 0 Å². The Morgan fingerprint density at radius 3 is 2.39 bits per heavy atom. The Kier molecular flexibility index (Phi) is 6.96. The van der Waals surface area contributed by atoms with Crippen LogP contribution in [-0.2, 0) is 9.78 Å². The second-order valence-electron chi connectivity index (χ2n) is 9.09. The van der Waals surface area contributed by atoms with Crippen LogP contribution in [0.4, 0.5) is 5.69 Å². The molecule has 28 heavy (non-hydrogen) atoms. The predicted octanol–water partition coefficient (Wildman–Crippen LogP) is 3.57. The zero-order valence-corrected chi connectivity index (χ0v) is 17.7. The van der Waals surface area contributed by atoms with Crippen LogP contribution >= 0.6 is 0 Å². The van der Waals surface area contributed by atoms with E-state index < -0.39 is 11.6 Å². The van der Waals surface area contributed by atoms with Crippen molar-refractivity contribution in [2.45, 2.75) is 70.7 Å². The van der Waals surface area contributed by atoms with Gasteiger partial charge in [-0.15, -0.1) is 0 Å². The van der Waals surface area contributed by atoms with Crippen molar-refractivity contribution >= 4 is 11.7 Å². The Bertz CT molecular complexity index is 635. The normalized spacial score (nSPS) is 22.3. The number of hydrogen-bond acceptors (Lipinski definition) is 6. The quantitative estimate of drug-likeness (QED) is 0.614. The molecule has 1 aromatic rings. The van der Waals surface area contributed by atoms with E-state index in [0.717, 1.165) is 25.3 Å². The lowest BCUT2D eigenvalue weighted by molar-refractivity contribution is -0.301. The number of piperazine rings is 1. The number of carbonyl (C=O) groups is 1. The molecule has 1 aromatic carbocycles. The van der Waals surface area contributed by atoms with Crippen molar-refractivity contribution in [3.8, 4) is 0 Å². The smallest absolute Gasteiger partial charge is 0.353 e. The third kappa shape index (κ3) is 5.93. The first-order chi connectivity index (χ1) is 13.3. The molecule has 0 bridgehead atoms. The summed E-state index contributed by atoms with van der Waals surface area (Å²) in [5.41, 5.74) is 1.11. The van der Waals surface area contributed by atoms with E-state index in [4.69, 9.17) is 9.78 Å². The van der Waals surface area contributed by atoms with Gasteiger partial charge in [-0.1, -0.05) is 19.3 Å². The summed E-state index contributed by atoms with van der Waals surface area (Å²) in [5.74, 6) is -0.461. The van der Waals surface area contributed by atoms with Crippen LogP contribution in [0.1, 0.15) is 63.2 Å². The topological polar surface area (TPSA) is 54.0 Å². The summed E-state index contributed by atoms with van der Waals surface area (Å²) in [6, 6.07) is 8.26. The minimum atomic E-state index is -0.520. The average molecular weight is 390 g/mol. The molecule has 1 aliphatic heterocycles. The van der Waals surface area contributed by atoms with Crippen molar-refractivity contribution in [3.63, 3.8) is 0 Å². The van der Waals surface area contributed by atoms with Gasteiger partial charge in [-0.05, 0) is 64.9 Å². The molecule has 6 heteroatoms. The molecule has 156 valence electrons. The largest absolute Gasteiger partial charge is 0.373 e. The number of nitrogens with one attached hydrogen (secondary N) is 1. The molecule has 1 aliphatic carbocycles. The molecule has 1 saturated heterocycles. The van der Waals surface area contributed by atoms with Crippen LogP contribution in [0.25, 0.3) is 0 Å². The molecule has 3 rings (SSSR count). The zero-order chi connectivity index (χ0) is 20.1. The number of benzene rings is 1. The molecule has 2 aliphatic rings. The molecule has 0 aromatic heterocycles. The Morgan fingerprint density at radius 1 is 1.07 bits per heavy atom. The van der Waals surface area contributed by atoms with Crippen molar-refractivity contribution in [2.75, 3.05) is 31.6 Å². The summed E-state index contributed by atoms with van der Waals surface area (Å²) in [4.78, 5) is 27.0. The van der Waals surface area contributed by atoms with E-state index in [1.165, 1.54) is 32.1 Å². The van der Waals surface area contributed by atoms with Gasteiger partial charge in [-0.2, -0.15) is 4.89 Å².